The Morgan fingerprint density at radius 3 is 2.91 bits per heavy atom. The van der Waals surface area contributed by atoms with Crippen molar-refractivity contribution in [1.82, 2.24) is 10.5 Å². The molecule has 6 nitrogen and oxygen atoms in total. The lowest BCUT2D eigenvalue weighted by molar-refractivity contribution is 0.0859. The van der Waals surface area contributed by atoms with E-state index in [1.54, 1.807) is 13.0 Å². The van der Waals surface area contributed by atoms with Crippen LogP contribution in [-0.4, -0.2) is 29.4 Å². The number of nitrogens with one attached hydrogen (secondary N) is 1. The zero-order valence-electron chi connectivity index (χ0n) is 12.3. The molecule has 114 valence electrons. The van der Waals surface area contributed by atoms with Gasteiger partial charge >= 0.3 is 0 Å². The van der Waals surface area contributed by atoms with E-state index >= 15 is 0 Å². The van der Waals surface area contributed by atoms with Crippen molar-refractivity contribution in [3.63, 3.8) is 0 Å². The summed E-state index contributed by atoms with van der Waals surface area (Å²) in [4.78, 5) is 17.3. The maximum absolute atomic E-state index is 11.9. The summed E-state index contributed by atoms with van der Waals surface area (Å²) in [5.74, 6) is 0.334. The fourth-order valence-electron chi connectivity index (χ4n) is 2.32. The van der Waals surface area contributed by atoms with Crippen LogP contribution in [0.4, 0.5) is 0 Å². The Balaban J connectivity index is 1.46. The van der Waals surface area contributed by atoms with Crippen LogP contribution in [0.5, 0.6) is 0 Å². The van der Waals surface area contributed by atoms with Crippen molar-refractivity contribution in [2.75, 3.05) is 6.54 Å². The largest absolute Gasteiger partial charge is 0.392 e. The van der Waals surface area contributed by atoms with Gasteiger partial charge in [0.05, 0.1) is 12.3 Å². The summed E-state index contributed by atoms with van der Waals surface area (Å²) in [6.07, 6.45) is 1.56. The van der Waals surface area contributed by atoms with Crippen LogP contribution in [0.25, 0.3) is 0 Å². The summed E-state index contributed by atoms with van der Waals surface area (Å²) >= 11 is 0. The number of amides is 1. The normalized spacial score (nSPS) is 17.0. The monoisotopic (exact) mass is 299 g/mol. The molecule has 22 heavy (non-hydrogen) atoms. The molecule has 1 aromatic carbocycles. The standard InChI is InChI=1S/C16H17N3O3/c1-11-7-15(19-21-11)16(20)17-10-13-9-14(22-18-13)8-12-5-3-2-4-6-12/h2-7,14H,8-10H2,1H3,(H,17,20). The molecule has 0 fully saturated rings. The fourth-order valence-corrected chi connectivity index (χ4v) is 2.32. The molecule has 1 N–H and O–H groups in total. The number of hydrogen-bond acceptors (Lipinski definition) is 5. The van der Waals surface area contributed by atoms with Gasteiger partial charge in [-0.1, -0.05) is 40.6 Å². The highest BCUT2D eigenvalue weighted by Gasteiger charge is 2.22. The molecule has 0 bridgehead atoms. The minimum atomic E-state index is -0.272. The van der Waals surface area contributed by atoms with E-state index in [1.807, 2.05) is 18.2 Å². The second-order valence-electron chi connectivity index (χ2n) is 5.28. The first-order valence-corrected chi connectivity index (χ1v) is 7.18. The highest BCUT2D eigenvalue weighted by Crippen LogP contribution is 2.15. The van der Waals surface area contributed by atoms with E-state index in [2.05, 4.69) is 27.8 Å². The van der Waals surface area contributed by atoms with E-state index in [1.165, 1.54) is 5.56 Å². The summed E-state index contributed by atoms with van der Waals surface area (Å²) < 4.78 is 4.88. The molecule has 1 amide bonds. The Labute approximate surface area is 128 Å². The Morgan fingerprint density at radius 2 is 2.18 bits per heavy atom. The minimum absolute atomic E-state index is 0.0311. The first kappa shape index (κ1) is 14.3. The molecule has 1 aliphatic rings. The predicted octanol–water partition coefficient (Wildman–Crippen LogP) is 2.10. The lowest BCUT2D eigenvalue weighted by Gasteiger charge is -2.07. The number of nitrogens with zero attached hydrogens (tertiary/aromatic N) is 2. The van der Waals surface area contributed by atoms with Gasteiger partial charge in [0.25, 0.3) is 5.91 Å². The number of oxime groups is 1. The number of hydrogen-bond donors (Lipinski definition) is 1. The van der Waals surface area contributed by atoms with E-state index in [9.17, 15) is 4.79 Å². The van der Waals surface area contributed by atoms with E-state index < -0.39 is 0 Å². The van der Waals surface area contributed by atoms with Crippen LogP contribution in [0.15, 0.2) is 46.1 Å². The van der Waals surface area contributed by atoms with Crippen molar-refractivity contribution in [2.24, 2.45) is 5.16 Å². The molecule has 0 spiro atoms. The molecular weight excluding hydrogens is 282 g/mol. The average Bonchev–Trinajstić information content (AvgIpc) is 3.15. The number of carbonyl (C=O) groups is 1. The van der Waals surface area contributed by atoms with Crippen molar-refractivity contribution >= 4 is 11.6 Å². The van der Waals surface area contributed by atoms with Crippen molar-refractivity contribution in [3.8, 4) is 0 Å². The van der Waals surface area contributed by atoms with Gasteiger partial charge in [-0.3, -0.25) is 4.79 Å². The van der Waals surface area contributed by atoms with Crippen LogP contribution in [0, 0.1) is 6.92 Å². The predicted molar refractivity (Wildman–Crippen MR) is 80.6 cm³/mol. The smallest absolute Gasteiger partial charge is 0.273 e. The Kier molecular flexibility index (Phi) is 4.18. The topological polar surface area (TPSA) is 76.7 Å². The summed E-state index contributed by atoms with van der Waals surface area (Å²) in [7, 11) is 0. The number of aromatic nitrogens is 1. The fraction of sp³-hybridized carbons (Fsp3) is 0.312. The highest BCUT2D eigenvalue weighted by atomic mass is 16.6. The third-order valence-corrected chi connectivity index (χ3v) is 3.41. The van der Waals surface area contributed by atoms with Gasteiger partial charge in [0.15, 0.2) is 5.69 Å². The maximum Gasteiger partial charge on any atom is 0.273 e. The van der Waals surface area contributed by atoms with E-state index in [0.29, 0.717) is 18.7 Å². The first-order valence-electron chi connectivity index (χ1n) is 7.18. The number of rotatable bonds is 5. The van der Waals surface area contributed by atoms with E-state index in [4.69, 9.17) is 9.36 Å². The lowest BCUT2D eigenvalue weighted by Crippen LogP contribution is -2.29. The molecule has 1 unspecified atom stereocenters. The van der Waals surface area contributed by atoms with Crippen molar-refractivity contribution in [3.05, 3.63) is 53.4 Å². The van der Waals surface area contributed by atoms with Gasteiger partial charge in [-0.25, -0.2) is 0 Å². The third-order valence-electron chi connectivity index (χ3n) is 3.41. The van der Waals surface area contributed by atoms with Crippen LogP contribution in [0.3, 0.4) is 0 Å². The van der Waals surface area contributed by atoms with Gasteiger partial charge in [0.1, 0.15) is 11.9 Å². The second kappa shape index (κ2) is 6.43. The van der Waals surface area contributed by atoms with Crippen LogP contribution in [0.1, 0.15) is 28.2 Å². The molecule has 6 heteroatoms. The lowest BCUT2D eigenvalue weighted by atomic mass is 10.0. The molecule has 1 aliphatic heterocycles. The van der Waals surface area contributed by atoms with Crippen molar-refractivity contribution < 1.29 is 14.2 Å². The number of benzene rings is 1. The van der Waals surface area contributed by atoms with Gasteiger partial charge in [0, 0.05) is 18.9 Å². The Bertz CT molecular complexity index is 679. The first-order chi connectivity index (χ1) is 10.7. The summed E-state index contributed by atoms with van der Waals surface area (Å²) in [5, 5.41) is 10.5. The van der Waals surface area contributed by atoms with Gasteiger partial charge in [-0.15, -0.1) is 0 Å². The average molecular weight is 299 g/mol. The summed E-state index contributed by atoms with van der Waals surface area (Å²) in [6.45, 7) is 2.10. The molecule has 0 aliphatic carbocycles. The van der Waals surface area contributed by atoms with Crippen molar-refractivity contribution in [2.45, 2.75) is 25.9 Å². The van der Waals surface area contributed by atoms with Gasteiger partial charge in [-0.2, -0.15) is 0 Å². The molecule has 3 rings (SSSR count). The van der Waals surface area contributed by atoms with E-state index in [0.717, 1.165) is 12.1 Å². The zero-order valence-corrected chi connectivity index (χ0v) is 12.3. The van der Waals surface area contributed by atoms with Crippen LogP contribution >= 0.6 is 0 Å². The van der Waals surface area contributed by atoms with E-state index in [-0.39, 0.29) is 17.7 Å². The summed E-state index contributed by atoms with van der Waals surface area (Å²) in [5.41, 5.74) is 2.32. The molecule has 0 saturated carbocycles. The zero-order chi connectivity index (χ0) is 15.4. The third kappa shape index (κ3) is 3.52. The molecule has 0 saturated heterocycles. The molecule has 2 aromatic rings. The van der Waals surface area contributed by atoms with Crippen LogP contribution < -0.4 is 5.32 Å². The Hall–Kier alpha value is -2.63. The molecular formula is C16H17N3O3. The molecule has 1 aromatic heterocycles. The minimum Gasteiger partial charge on any atom is -0.392 e. The van der Waals surface area contributed by atoms with Crippen LogP contribution in [-0.2, 0) is 11.3 Å². The van der Waals surface area contributed by atoms with Gasteiger partial charge in [-0.05, 0) is 12.5 Å². The molecule has 1 atom stereocenters. The highest BCUT2D eigenvalue weighted by molar-refractivity contribution is 5.96. The summed E-state index contributed by atoms with van der Waals surface area (Å²) in [6, 6.07) is 11.7. The number of carbonyl (C=O) groups excluding carboxylic acids is 1. The van der Waals surface area contributed by atoms with Gasteiger partial charge in [0.2, 0.25) is 0 Å². The van der Waals surface area contributed by atoms with Crippen molar-refractivity contribution in [1.29, 1.82) is 0 Å². The second-order valence-corrected chi connectivity index (χ2v) is 5.28. The quantitative estimate of drug-likeness (QED) is 0.917. The maximum atomic E-state index is 11.9. The van der Waals surface area contributed by atoms with Crippen LogP contribution in [0.2, 0.25) is 0 Å². The Morgan fingerprint density at radius 1 is 1.36 bits per heavy atom. The molecule has 0 radical (unpaired) electrons. The SMILES string of the molecule is Cc1cc(C(=O)NCC2=NOC(Cc3ccccc3)C2)no1. The molecule has 2 heterocycles. The number of aryl methyl sites for hydroxylation is 1. The van der Waals surface area contributed by atoms with Gasteiger partial charge < -0.3 is 14.7 Å².